The highest BCUT2D eigenvalue weighted by Gasteiger charge is 2.36. The molecule has 0 bridgehead atoms. The molecular weight excluding hydrogens is 406 g/mol. The zero-order valence-corrected chi connectivity index (χ0v) is 18.1. The summed E-state index contributed by atoms with van der Waals surface area (Å²) in [6, 6.07) is 10.9. The highest BCUT2D eigenvalue weighted by atomic mass is 35.5. The quantitative estimate of drug-likeness (QED) is 0.332. The first-order chi connectivity index (χ1) is 14.1. The van der Waals surface area contributed by atoms with E-state index in [4.69, 9.17) is 16.8 Å². The SMILES string of the molecule is CCN(C(=O)c1cccc(C=O)c1)N(C(=O)c1ccc(/C=N/O)cc1Cl)C(C)(C)C. The lowest BCUT2D eigenvalue weighted by Crippen LogP contribution is -2.58. The molecule has 30 heavy (non-hydrogen) atoms. The molecule has 0 saturated carbocycles. The summed E-state index contributed by atoms with van der Waals surface area (Å²) in [4.78, 5) is 37.8. The number of nitrogens with zero attached hydrogens (tertiary/aromatic N) is 3. The standard InChI is InChI=1S/C22H24ClN3O4/c1-5-25(20(28)17-8-6-7-16(11-17)14-27)26(22(2,3)4)21(29)18-10-9-15(13-24-30)12-19(18)23/h6-14,30H,5H2,1-4H3/b24-13+. The van der Waals surface area contributed by atoms with Crippen LogP contribution in [0.1, 0.15) is 64.3 Å². The van der Waals surface area contributed by atoms with E-state index in [1.807, 2.05) is 20.8 Å². The maximum Gasteiger partial charge on any atom is 0.274 e. The van der Waals surface area contributed by atoms with E-state index in [-0.39, 0.29) is 17.1 Å². The van der Waals surface area contributed by atoms with Gasteiger partial charge in [0.25, 0.3) is 11.8 Å². The Balaban J connectivity index is 2.50. The van der Waals surface area contributed by atoms with Gasteiger partial charge in [-0.15, -0.1) is 0 Å². The van der Waals surface area contributed by atoms with Crippen LogP contribution in [0.3, 0.4) is 0 Å². The Hall–Kier alpha value is -3.19. The van der Waals surface area contributed by atoms with Crippen LogP contribution in [0.15, 0.2) is 47.6 Å². The first-order valence-corrected chi connectivity index (χ1v) is 9.70. The number of hydrogen-bond acceptors (Lipinski definition) is 5. The van der Waals surface area contributed by atoms with Gasteiger partial charge in [-0.05, 0) is 57.5 Å². The van der Waals surface area contributed by atoms with Crippen molar-refractivity contribution in [3.63, 3.8) is 0 Å². The van der Waals surface area contributed by atoms with Gasteiger partial charge in [-0.1, -0.05) is 35.0 Å². The maximum absolute atomic E-state index is 13.4. The molecule has 0 heterocycles. The molecule has 0 atom stereocenters. The molecule has 0 radical (unpaired) electrons. The average molecular weight is 430 g/mol. The lowest BCUT2D eigenvalue weighted by Gasteiger charge is -2.43. The number of hydrogen-bond donors (Lipinski definition) is 1. The van der Waals surface area contributed by atoms with E-state index in [9.17, 15) is 14.4 Å². The van der Waals surface area contributed by atoms with Crippen molar-refractivity contribution in [3.05, 3.63) is 69.7 Å². The molecule has 0 aliphatic carbocycles. The second-order valence-electron chi connectivity index (χ2n) is 7.54. The smallest absolute Gasteiger partial charge is 0.274 e. The number of hydrazine groups is 1. The van der Waals surface area contributed by atoms with Crippen LogP contribution >= 0.6 is 11.6 Å². The molecule has 0 aromatic heterocycles. The Labute approximate surface area is 180 Å². The molecule has 2 rings (SSSR count). The number of carbonyl (C=O) groups is 3. The third-order valence-electron chi connectivity index (χ3n) is 4.30. The summed E-state index contributed by atoms with van der Waals surface area (Å²) in [7, 11) is 0. The predicted molar refractivity (Wildman–Crippen MR) is 115 cm³/mol. The molecular formula is C22H24ClN3O4. The number of oxime groups is 1. The van der Waals surface area contributed by atoms with E-state index < -0.39 is 17.4 Å². The Morgan fingerprint density at radius 3 is 2.33 bits per heavy atom. The lowest BCUT2D eigenvalue weighted by atomic mass is 10.0. The van der Waals surface area contributed by atoms with Crippen LogP contribution in [0.4, 0.5) is 0 Å². The van der Waals surface area contributed by atoms with Gasteiger partial charge in [0.1, 0.15) is 6.29 Å². The Morgan fingerprint density at radius 1 is 1.10 bits per heavy atom. The molecule has 2 amide bonds. The van der Waals surface area contributed by atoms with E-state index in [0.717, 1.165) is 0 Å². The summed E-state index contributed by atoms with van der Waals surface area (Å²) < 4.78 is 0. The van der Waals surface area contributed by atoms with Gasteiger partial charge in [0.05, 0.1) is 22.3 Å². The fourth-order valence-corrected chi connectivity index (χ4v) is 3.28. The van der Waals surface area contributed by atoms with E-state index in [2.05, 4.69) is 5.16 Å². The Morgan fingerprint density at radius 2 is 1.80 bits per heavy atom. The summed E-state index contributed by atoms with van der Waals surface area (Å²) in [5.74, 6) is -0.869. The molecule has 2 aromatic carbocycles. The fourth-order valence-electron chi connectivity index (χ4n) is 3.01. The van der Waals surface area contributed by atoms with Crippen LogP contribution in [-0.2, 0) is 0 Å². The van der Waals surface area contributed by atoms with Gasteiger partial charge in [-0.2, -0.15) is 0 Å². The third-order valence-corrected chi connectivity index (χ3v) is 4.62. The van der Waals surface area contributed by atoms with E-state index in [0.29, 0.717) is 23.0 Å². The van der Waals surface area contributed by atoms with Gasteiger partial charge in [0.2, 0.25) is 0 Å². The van der Waals surface area contributed by atoms with Crippen molar-refractivity contribution in [1.82, 2.24) is 10.0 Å². The van der Waals surface area contributed by atoms with Crippen molar-refractivity contribution in [2.24, 2.45) is 5.16 Å². The molecule has 7 nitrogen and oxygen atoms in total. The molecule has 0 spiro atoms. The van der Waals surface area contributed by atoms with Crippen molar-refractivity contribution < 1.29 is 19.6 Å². The van der Waals surface area contributed by atoms with Crippen LogP contribution in [0.2, 0.25) is 5.02 Å². The zero-order valence-electron chi connectivity index (χ0n) is 17.3. The molecule has 158 valence electrons. The molecule has 8 heteroatoms. The number of benzene rings is 2. The van der Waals surface area contributed by atoms with Crippen LogP contribution in [0.5, 0.6) is 0 Å². The third kappa shape index (κ3) is 5.04. The first kappa shape index (κ1) is 23.1. The highest BCUT2D eigenvalue weighted by molar-refractivity contribution is 6.34. The van der Waals surface area contributed by atoms with Gasteiger partial charge >= 0.3 is 0 Å². The van der Waals surface area contributed by atoms with E-state index in [1.54, 1.807) is 31.2 Å². The number of carbonyl (C=O) groups excluding carboxylic acids is 3. The van der Waals surface area contributed by atoms with E-state index >= 15 is 0 Å². The predicted octanol–water partition coefficient (Wildman–Crippen LogP) is 4.28. The maximum atomic E-state index is 13.4. The highest BCUT2D eigenvalue weighted by Crippen LogP contribution is 2.26. The zero-order chi connectivity index (χ0) is 22.5. The fraction of sp³-hybridized carbons (Fsp3) is 0.273. The minimum absolute atomic E-state index is 0.165. The lowest BCUT2D eigenvalue weighted by molar-refractivity contribution is -0.0410. The van der Waals surface area contributed by atoms with E-state index in [1.165, 1.54) is 34.4 Å². The largest absolute Gasteiger partial charge is 0.411 e. The Bertz CT molecular complexity index is 983. The molecule has 1 N–H and O–H groups in total. The van der Waals surface area contributed by atoms with Crippen molar-refractivity contribution >= 4 is 35.9 Å². The molecule has 0 aliphatic heterocycles. The van der Waals surface area contributed by atoms with Gasteiger partial charge in [-0.25, -0.2) is 10.0 Å². The summed E-state index contributed by atoms with van der Waals surface area (Å²) >= 11 is 6.31. The number of amides is 2. The summed E-state index contributed by atoms with van der Waals surface area (Å²) in [6.45, 7) is 7.41. The van der Waals surface area contributed by atoms with Gasteiger partial charge in [0, 0.05) is 17.7 Å². The van der Waals surface area contributed by atoms with Crippen LogP contribution in [0, 0.1) is 0 Å². The van der Waals surface area contributed by atoms with Crippen molar-refractivity contribution in [1.29, 1.82) is 0 Å². The van der Waals surface area contributed by atoms with Crippen molar-refractivity contribution in [2.75, 3.05) is 6.54 Å². The Kier molecular flexibility index (Phi) is 7.34. The minimum atomic E-state index is -0.750. The van der Waals surface area contributed by atoms with Crippen LogP contribution in [-0.4, -0.2) is 51.6 Å². The van der Waals surface area contributed by atoms with Crippen molar-refractivity contribution in [2.45, 2.75) is 33.2 Å². The van der Waals surface area contributed by atoms with Crippen LogP contribution in [0.25, 0.3) is 0 Å². The monoisotopic (exact) mass is 429 g/mol. The second-order valence-corrected chi connectivity index (χ2v) is 7.94. The number of rotatable bonds is 5. The minimum Gasteiger partial charge on any atom is -0.411 e. The molecule has 0 aliphatic rings. The summed E-state index contributed by atoms with van der Waals surface area (Å²) in [6.07, 6.45) is 1.86. The number of halogens is 1. The van der Waals surface area contributed by atoms with Gasteiger partial charge in [-0.3, -0.25) is 14.4 Å². The topological polar surface area (TPSA) is 90.3 Å². The van der Waals surface area contributed by atoms with Crippen molar-refractivity contribution in [3.8, 4) is 0 Å². The second kappa shape index (κ2) is 9.54. The molecule has 0 fully saturated rings. The average Bonchev–Trinajstić information content (AvgIpc) is 2.70. The van der Waals surface area contributed by atoms with Crippen LogP contribution < -0.4 is 0 Å². The molecule has 0 unspecified atom stereocenters. The van der Waals surface area contributed by atoms with Gasteiger partial charge < -0.3 is 5.21 Å². The normalized spacial score (nSPS) is 11.4. The summed E-state index contributed by atoms with van der Waals surface area (Å²) in [5, 5.41) is 14.5. The molecule has 0 saturated heterocycles. The van der Waals surface area contributed by atoms with Gasteiger partial charge in [0.15, 0.2) is 0 Å². The summed E-state index contributed by atoms with van der Waals surface area (Å²) in [5.41, 5.74) is 0.642. The number of aldehydes is 1. The first-order valence-electron chi connectivity index (χ1n) is 9.32. The molecule has 2 aromatic rings.